The first-order chi connectivity index (χ1) is 36.3. The van der Waals surface area contributed by atoms with Crippen LogP contribution in [0.25, 0.3) is 0 Å². The van der Waals surface area contributed by atoms with Gasteiger partial charge in [-0.2, -0.15) is 0 Å². The lowest BCUT2D eigenvalue weighted by Crippen LogP contribution is -2.19. The highest BCUT2D eigenvalue weighted by atomic mass is 16.6. The van der Waals surface area contributed by atoms with Gasteiger partial charge in [0.05, 0.1) is 56.0 Å². The number of methoxy groups -OCH3 is 2. The van der Waals surface area contributed by atoms with Gasteiger partial charge < -0.3 is 56.3 Å². The predicted molar refractivity (Wildman–Crippen MR) is 287 cm³/mol. The molecule has 76 heavy (non-hydrogen) atoms. The average molecular weight is 1040 g/mol. The van der Waals surface area contributed by atoms with E-state index in [0.717, 1.165) is 22.5 Å². The van der Waals surface area contributed by atoms with Crippen molar-refractivity contribution < 1.29 is 56.3 Å². The van der Waals surface area contributed by atoms with Crippen molar-refractivity contribution in [3.8, 4) is 29.1 Å². The number of hydrogen-bond acceptors (Lipinski definition) is 18. The monoisotopic (exact) mass is 1040 g/mol. The number of aromatic nitrogens is 3. The zero-order valence-corrected chi connectivity index (χ0v) is 43.6. The van der Waals surface area contributed by atoms with Crippen LogP contribution < -0.4 is 23.7 Å². The number of rotatable bonds is 24. The highest BCUT2D eigenvalue weighted by Gasteiger charge is 2.35. The topological polar surface area (TPSA) is 201 Å². The van der Waals surface area contributed by atoms with Crippen LogP contribution in [-0.4, -0.2) is 96.9 Å². The van der Waals surface area contributed by atoms with E-state index in [2.05, 4.69) is 35.2 Å². The Morgan fingerprint density at radius 3 is 1.21 bits per heavy atom. The van der Waals surface area contributed by atoms with Crippen LogP contribution in [0, 0.1) is 0 Å². The lowest BCUT2D eigenvalue weighted by Gasteiger charge is -2.20. The lowest BCUT2D eigenvalue weighted by atomic mass is 10.0. The van der Waals surface area contributed by atoms with Gasteiger partial charge in [0.15, 0.2) is 40.3 Å². The summed E-state index contributed by atoms with van der Waals surface area (Å²) in [6.07, 6.45) is 5.76. The van der Waals surface area contributed by atoms with Crippen molar-refractivity contribution in [3.63, 3.8) is 0 Å². The summed E-state index contributed by atoms with van der Waals surface area (Å²) in [6, 6.07) is 33.7. The molecule has 0 saturated heterocycles. The molecule has 5 heterocycles. The maximum Gasteiger partial charge on any atom is 0.261 e. The lowest BCUT2D eigenvalue weighted by molar-refractivity contribution is 0.171. The molecule has 0 amide bonds. The zero-order chi connectivity index (χ0) is 53.9. The molecule has 0 bridgehead atoms. The molecule has 0 fully saturated rings. The van der Waals surface area contributed by atoms with Gasteiger partial charge in [0.1, 0.15) is 32.0 Å². The second kappa shape index (κ2) is 29.1. The van der Waals surface area contributed by atoms with Gasteiger partial charge in [0.2, 0.25) is 0 Å². The van der Waals surface area contributed by atoms with E-state index in [4.69, 9.17) is 46.1 Å². The highest BCUT2D eigenvalue weighted by molar-refractivity contribution is 5.43. The van der Waals surface area contributed by atoms with Gasteiger partial charge in [-0.15, -0.1) is 19.7 Å². The number of hydrogen-bond donors (Lipinski definition) is 2. The minimum Gasteiger partial charge on any atom is -0.493 e. The summed E-state index contributed by atoms with van der Waals surface area (Å²) < 4.78 is 55.2. The fourth-order valence-corrected chi connectivity index (χ4v) is 7.69. The van der Waals surface area contributed by atoms with Crippen molar-refractivity contribution in [2.75, 3.05) is 56.5 Å². The smallest absolute Gasteiger partial charge is 0.261 e. The summed E-state index contributed by atoms with van der Waals surface area (Å²) in [7, 11) is 14.4. The largest absolute Gasteiger partial charge is 0.493 e. The van der Waals surface area contributed by atoms with E-state index in [1.54, 1.807) is 30.4 Å². The van der Waals surface area contributed by atoms with Gasteiger partial charge in [-0.05, 0) is 74.4 Å². The molecule has 0 aliphatic rings. The van der Waals surface area contributed by atoms with Crippen LogP contribution in [0.3, 0.4) is 0 Å². The standard InChI is InChI=1S/2C21H24N2O5.C15H18N2O2.CH4/c2*1-5-15(23(2)3)19-17(18(24)20-16(25-4)11-12-26-20)21(22-28-19)27-13-14-9-7-6-8-10-14;1-4-13(17(2)3)14-10-15(16-19-14)18-11-12-8-6-5-7-9-12;/h2*5-12,15,18,24H,1,13H2,2-4H3;4-10,13H,1,11H2,2-3H3;1H4/t15-,18+;15-,18-;13-;/m000./s1. The summed E-state index contributed by atoms with van der Waals surface area (Å²) >= 11 is 0. The van der Waals surface area contributed by atoms with Crippen LogP contribution in [0.5, 0.6) is 29.1 Å². The number of likely N-dealkylation sites (N-methyl/N-ethyl adjacent to an activating group) is 3. The van der Waals surface area contributed by atoms with E-state index >= 15 is 0 Å². The zero-order valence-electron chi connectivity index (χ0n) is 43.6. The molecule has 404 valence electrons. The summed E-state index contributed by atoms with van der Waals surface area (Å²) in [4.78, 5) is 5.78. The minimum absolute atomic E-state index is 0. The Morgan fingerprint density at radius 2 is 0.868 bits per heavy atom. The molecule has 8 rings (SSSR count). The molecular weight excluding hydrogens is 973 g/mol. The predicted octanol–water partition coefficient (Wildman–Crippen LogP) is 11.1. The Morgan fingerprint density at radius 1 is 0.500 bits per heavy atom. The SMILES string of the molecule is C.C=C[C@@H](c1cc(OCc2ccccc2)no1)N(C)C.C=C[C@@H](c1onc(OCc2ccccc2)c1[C@@H](O)c1occc1OC)N(C)C.C=C[C@@H](c1onc(OCc2ccccc2)c1[C@H](O)c1occc1OC)N(C)C. The molecule has 0 saturated carbocycles. The molecule has 0 aliphatic carbocycles. The van der Waals surface area contributed by atoms with Crippen LogP contribution in [0.1, 0.15) is 94.4 Å². The molecule has 2 N–H and O–H groups in total. The Bertz CT molecular complexity index is 2790. The van der Waals surface area contributed by atoms with Crippen LogP contribution in [0.2, 0.25) is 0 Å². The van der Waals surface area contributed by atoms with E-state index in [1.165, 1.54) is 26.7 Å². The Hall–Kier alpha value is -8.13. The van der Waals surface area contributed by atoms with Gasteiger partial charge >= 0.3 is 0 Å². The van der Waals surface area contributed by atoms with Gasteiger partial charge in [0, 0.05) is 18.2 Å². The Kier molecular flexibility index (Phi) is 22.5. The van der Waals surface area contributed by atoms with E-state index in [-0.39, 0.29) is 62.0 Å². The molecule has 8 aromatic rings. The van der Waals surface area contributed by atoms with E-state index in [1.807, 2.05) is 154 Å². The van der Waals surface area contributed by atoms with Gasteiger partial charge in [-0.3, -0.25) is 14.7 Å². The number of nitrogens with zero attached hydrogens (tertiary/aromatic N) is 6. The molecule has 3 aromatic carbocycles. The van der Waals surface area contributed by atoms with E-state index < -0.39 is 12.2 Å². The maximum atomic E-state index is 11.1. The van der Waals surface area contributed by atoms with Crippen molar-refractivity contribution in [1.29, 1.82) is 0 Å². The second-order valence-corrected chi connectivity index (χ2v) is 17.4. The minimum atomic E-state index is -1.18. The molecule has 0 aliphatic heterocycles. The third-order valence-electron chi connectivity index (χ3n) is 11.6. The third kappa shape index (κ3) is 15.0. The van der Waals surface area contributed by atoms with Crippen molar-refractivity contribution in [1.82, 2.24) is 30.2 Å². The summed E-state index contributed by atoms with van der Waals surface area (Å²) in [6.45, 7) is 12.5. The molecular formula is C58H70N6O12. The number of furan rings is 2. The maximum absolute atomic E-state index is 11.1. The van der Waals surface area contributed by atoms with Crippen molar-refractivity contribution in [2.45, 2.75) is 57.6 Å². The Balaban J connectivity index is 0.000000213. The normalized spacial score (nSPS) is 12.9. The summed E-state index contributed by atoms with van der Waals surface area (Å²) in [5.41, 5.74) is 3.79. The van der Waals surface area contributed by atoms with Gasteiger partial charge in [0.25, 0.3) is 17.6 Å². The van der Waals surface area contributed by atoms with Crippen LogP contribution in [0.4, 0.5) is 0 Å². The number of ether oxygens (including phenoxy) is 5. The molecule has 18 heteroatoms. The van der Waals surface area contributed by atoms with Crippen LogP contribution >= 0.6 is 0 Å². The molecule has 0 spiro atoms. The quantitative estimate of drug-likeness (QED) is 0.0541. The van der Waals surface area contributed by atoms with Crippen molar-refractivity contribution in [3.05, 3.63) is 216 Å². The van der Waals surface area contributed by atoms with Crippen LogP contribution in [-0.2, 0) is 19.8 Å². The summed E-state index contributed by atoms with van der Waals surface area (Å²) in [5, 5.41) is 34.1. The first kappa shape index (κ1) is 58.8. The number of aliphatic hydroxyl groups is 2. The summed E-state index contributed by atoms with van der Waals surface area (Å²) in [5.74, 6) is 3.80. The van der Waals surface area contributed by atoms with Gasteiger partial charge in [-0.25, -0.2) is 0 Å². The van der Waals surface area contributed by atoms with E-state index in [0.29, 0.717) is 46.6 Å². The van der Waals surface area contributed by atoms with Crippen molar-refractivity contribution >= 4 is 0 Å². The highest BCUT2D eigenvalue weighted by Crippen LogP contribution is 2.42. The fraction of sp³-hybridized carbons (Fsp3) is 0.293. The third-order valence-corrected chi connectivity index (χ3v) is 11.6. The molecule has 18 nitrogen and oxygen atoms in total. The second-order valence-electron chi connectivity index (χ2n) is 17.4. The van der Waals surface area contributed by atoms with Gasteiger partial charge in [-0.1, -0.05) is 117 Å². The Labute approximate surface area is 444 Å². The van der Waals surface area contributed by atoms with E-state index in [9.17, 15) is 10.2 Å². The van der Waals surface area contributed by atoms with Crippen LogP contribution in [0.15, 0.2) is 182 Å². The average Bonchev–Trinajstić information content (AvgIpc) is 4.30. The fourth-order valence-electron chi connectivity index (χ4n) is 7.69. The number of aliphatic hydroxyl groups excluding tert-OH is 2. The van der Waals surface area contributed by atoms with Crippen molar-refractivity contribution in [2.24, 2.45) is 0 Å². The molecule has 0 unspecified atom stereocenters. The molecule has 5 aromatic heterocycles. The number of benzene rings is 3. The molecule has 5 atom stereocenters. The first-order valence-corrected chi connectivity index (χ1v) is 23.7. The molecule has 0 radical (unpaired) electrons. The first-order valence-electron chi connectivity index (χ1n) is 23.7.